The number of benzene rings is 2. The Hall–Kier alpha value is -3.81. The summed E-state index contributed by atoms with van der Waals surface area (Å²) < 4.78 is 9.71. The molecule has 0 aliphatic rings. The van der Waals surface area contributed by atoms with Gasteiger partial charge in [-0.05, 0) is 61.4 Å². The van der Waals surface area contributed by atoms with Crippen LogP contribution in [0.15, 0.2) is 69.5 Å². The van der Waals surface area contributed by atoms with Crippen LogP contribution in [0.4, 0.5) is 0 Å². The van der Waals surface area contributed by atoms with Gasteiger partial charge in [-0.1, -0.05) is 36.0 Å². The van der Waals surface area contributed by atoms with Crippen molar-refractivity contribution in [1.82, 2.24) is 0 Å². The minimum atomic E-state index is -0.639. The van der Waals surface area contributed by atoms with E-state index in [1.807, 2.05) is 60.7 Å². The van der Waals surface area contributed by atoms with Gasteiger partial charge in [0.2, 0.25) is 0 Å². The van der Waals surface area contributed by atoms with Gasteiger partial charge in [-0.15, -0.1) is 0 Å². The molecule has 6 nitrogen and oxygen atoms in total. The van der Waals surface area contributed by atoms with Crippen LogP contribution in [-0.2, 0) is 19.1 Å². The molecular formula is C24H20N2O4S. The van der Waals surface area contributed by atoms with Crippen LogP contribution in [0.5, 0.6) is 0 Å². The number of carbonyl (C=O) groups excluding carboxylic acids is 2. The fraction of sp³-hybridized carbons (Fsp3) is 0.167. The average Bonchev–Trinajstić information content (AvgIpc) is 2.78. The molecule has 0 aliphatic carbocycles. The molecule has 0 saturated carbocycles. The van der Waals surface area contributed by atoms with E-state index in [0.29, 0.717) is 0 Å². The lowest BCUT2D eigenvalue weighted by atomic mass is 10.1. The molecule has 0 saturated heterocycles. The number of nitriles is 2. The molecule has 0 heterocycles. The lowest BCUT2D eigenvalue weighted by molar-refractivity contribution is -0.138. The Morgan fingerprint density at radius 2 is 1.13 bits per heavy atom. The number of rotatable bonds is 8. The van der Waals surface area contributed by atoms with Gasteiger partial charge in [-0.2, -0.15) is 10.5 Å². The Morgan fingerprint density at radius 3 is 1.42 bits per heavy atom. The second kappa shape index (κ2) is 12.0. The molecule has 0 fully saturated rings. The summed E-state index contributed by atoms with van der Waals surface area (Å²) >= 11 is 1.53. The molecule has 0 bridgehead atoms. The van der Waals surface area contributed by atoms with Gasteiger partial charge in [0, 0.05) is 9.79 Å². The third-order valence-electron chi connectivity index (χ3n) is 3.85. The molecule has 0 aromatic heterocycles. The molecule has 0 spiro atoms. The van der Waals surface area contributed by atoms with Crippen molar-refractivity contribution >= 4 is 35.9 Å². The summed E-state index contributed by atoms with van der Waals surface area (Å²) in [6.45, 7) is 3.79. The van der Waals surface area contributed by atoms with Crippen molar-refractivity contribution < 1.29 is 19.1 Å². The van der Waals surface area contributed by atoms with E-state index in [0.717, 1.165) is 20.9 Å². The van der Waals surface area contributed by atoms with E-state index in [4.69, 9.17) is 20.0 Å². The number of nitrogens with zero attached hydrogens (tertiary/aromatic N) is 2. The van der Waals surface area contributed by atoms with E-state index >= 15 is 0 Å². The molecule has 0 N–H and O–H groups in total. The molecule has 0 amide bonds. The predicted molar refractivity (Wildman–Crippen MR) is 117 cm³/mol. The van der Waals surface area contributed by atoms with E-state index in [1.54, 1.807) is 13.8 Å². The maximum atomic E-state index is 11.7. The Kier molecular flexibility index (Phi) is 9.10. The summed E-state index contributed by atoms with van der Waals surface area (Å²) in [6, 6.07) is 18.5. The van der Waals surface area contributed by atoms with Crippen molar-refractivity contribution in [1.29, 1.82) is 10.5 Å². The molecular weight excluding hydrogens is 412 g/mol. The largest absolute Gasteiger partial charge is 0.462 e. The number of carbonyl (C=O) groups is 2. The van der Waals surface area contributed by atoms with E-state index < -0.39 is 11.9 Å². The first-order valence-electron chi connectivity index (χ1n) is 9.46. The second-order valence-electron chi connectivity index (χ2n) is 6.02. The van der Waals surface area contributed by atoms with Crippen molar-refractivity contribution in [3.63, 3.8) is 0 Å². The summed E-state index contributed by atoms with van der Waals surface area (Å²) in [4.78, 5) is 25.4. The van der Waals surface area contributed by atoms with Crippen LogP contribution in [0, 0.1) is 22.7 Å². The molecule has 0 aliphatic heterocycles. The number of hydrogen-bond acceptors (Lipinski definition) is 7. The molecule has 2 aromatic rings. The average molecular weight is 433 g/mol. The summed E-state index contributed by atoms with van der Waals surface area (Å²) in [5, 5.41) is 18.2. The molecule has 0 radical (unpaired) electrons. The van der Waals surface area contributed by atoms with Crippen molar-refractivity contribution in [3.8, 4) is 12.1 Å². The highest BCUT2D eigenvalue weighted by molar-refractivity contribution is 7.99. The van der Waals surface area contributed by atoms with Crippen LogP contribution in [0.3, 0.4) is 0 Å². The highest BCUT2D eigenvalue weighted by Crippen LogP contribution is 2.28. The molecule has 2 aromatic carbocycles. The van der Waals surface area contributed by atoms with Gasteiger partial charge < -0.3 is 9.47 Å². The Labute approximate surface area is 185 Å². The van der Waals surface area contributed by atoms with Gasteiger partial charge >= 0.3 is 11.9 Å². The van der Waals surface area contributed by atoms with Crippen LogP contribution < -0.4 is 0 Å². The van der Waals surface area contributed by atoms with Crippen LogP contribution >= 0.6 is 11.8 Å². The highest BCUT2D eigenvalue weighted by Gasteiger charge is 2.10. The summed E-state index contributed by atoms with van der Waals surface area (Å²) in [7, 11) is 0. The van der Waals surface area contributed by atoms with E-state index in [-0.39, 0.29) is 24.4 Å². The Bertz CT molecular complexity index is 985. The Balaban J connectivity index is 2.09. The van der Waals surface area contributed by atoms with Crippen molar-refractivity contribution in [2.45, 2.75) is 23.6 Å². The number of hydrogen-bond donors (Lipinski definition) is 0. The first-order chi connectivity index (χ1) is 15.0. The first kappa shape index (κ1) is 23.5. The quantitative estimate of drug-likeness (QED) is 0.336. The molecule has 2 rings (SSSR count). The zero-order valence-corrected chi connectivity index (χ0v) is 17.9. The fourth-order valence-corrected chi connectivity index (χ4v) is 3.24. The zero-order chi connectivity index (χ0) is 22.6. The van der Waals surface area contributed by atoms with Gasteiger partial charge in [0.05, 0.1) is 13.2 Å². The van der Waals surface area contributed by atoms with Crippen molar-refractivity contribution in [2.75, 3.05) is 13.2 Å². The van der Waals surface area contributed by atoms with Crippen molar-refractivity contribution in [2.24, 2.45) is 0 Å². The minimum absolute atomic E-state index is 0.0505. The van der Waals surface area contributed by atoms with Crippen molar-refractivity contribution in [3.05, 3.63) is 70.8 Å². The van der Waals surface area contributed by atoms with Gasteiger partial charge in [0.15, 0.2) is 0 Å². The lowest BCUT2D eigenvalue weighted by Crippen LogP contribution is -2.05. The predicted octanol–water partition coefficient (Wildman–Crippen LogP) is 4.78. The summed E-state index contributed by atoms with van der Waals surface area (Å²) in [6.07, 6.45) is 2.98. The van der Waals surface area contributed by atoms with Gasteiger partial charge in [-0.25, -0.2) is 9.59 Å². The third-order valence-corrected chi connectivity index (χ3v) is 4.87. The second-order valence-corrected chi connectivity index (χ2v) is 7.17. The van der Waals surface area contributed by atoms with Crippen LogP contribution in [0.1, 0.15) is 25.0 Å². The third kappa shape index (κ3) is 7.18. The van der Waals surface area contributed by atoms with Crippen LogP contribution in [-0.4, -0.2) is 25.2 Å². The Morgan fingerprint density at radius 1 is 0.774 bits per heavy atom. The summed E-state index contributed by atoms with van der Waals surface area (Å²) in [5.41, 5.74) is 1.34. The van der Waals surface area contributed by atoms with E-state index in [2.05, 4.69) is 0 Å². The van der Waals surface area contributed by atoms with E-state index in [9.17, 15) is 9.59 Å². The summed E-state index contributed by atoms with van der Waals surface area (Å²) in [5.74, 6) is -1.28. The topological polar surface area (TPSA) is 100 Å². The normalized spacial score (nSPS) is 11.2. The maximum Gasteiger partial charge on any atom is 0.348 e. The lowest BCUT2D eigenvalue weighted by Gasteiger charge is -2.04. The minimum Gasteiger partial charge on any atom is -0.462 e. The zero-order valence-electron chi connectivity index (χ0n) is 17.1. The van der Waals surface area contributed by atoms with Gasteiger partial charge in [-0.3, -0.25) is 0 Å². The number of ether oxygens (including phenoxy) is 2. The van der Waals surface area contributed by atoms with Crippen LogP contribution in [0.25, 0.3) is 12.2 Å². The molecule has 7 heteroatoms. The van der Waals surface area contributed by atoms with Gasteiger partial charge in [0.25, 0.3) is 0 Å². The smallest absolute Gasteiger partial charge is 0.348 e. The van der Waals surface area contributed by atoms with E-state index in [1.165, 1.54) is 23.9 Å². The van der Waals surface area contributed by atoms with Gasteiger partial charge in [0.1, 0.15) is 23.3 Å². The molecule has 0 unspecified atom stereocenters. The maximum absolute atomic E-state index is 11.7. The monoisotopic (exact) mass is 432 g/mol. The highest BCUT2D eigenvalue weighted by atomic mass is 32.2. The SMILES string of the molecule is CCOC(=O)C(C#N)=Cc1ccc(Sc2ccc(C=C(C#N)C(=O)OCC)cc2)cc1. The fourth-order valence-electron chi connectivity index (χ4n) is 2.42. The molecule has 156 valence electrons. The van der Waals surface area contributed by atoms with Crippen LogP contribution in [0.2, 0.25) is 0 Å². The molecule has 31 heavy (non-hydrogen) atoms. The number of esters is 2. The first-order valence-corrected chi connectivity index (χ1v) is 10.3. The molecule has 0 atom stereocenters. The standard InChI is InChI=1S/C24H20N2O4S/c1-3-29-23(27)19(15-25)13-17-5-9-21(10-6-17)31-22-11-7-18(8-12-22)14-20(16-26)24(28)30-4-2/h5-14H,3-4H2,1-2H3.